The second-order valence-corrected chi connectivity index (χ2v) is 4.39. The zero-order chi connectivity index (χ0) is 16.9. The summed E-state index contributed by atoms with van der Waals surface area (Å²) in [4.78, 5) is 23.4. The molecule has 16 heavy (non-hydrogen) atoms. The third-order valence-electron chi connectivity index (χ3n) is 1.78. The summed E-state index contributed by atoms with van der Waals surface area (Å²) in [5.74, 6) is -3.97. The Balaban J connectivity index is 3.17. The Hall–Kier alpha value is -1.26. The summed E-state index contributed by atoms with van der Waals surface area (Å²) >= 11 is 0. The molecule has 0 atom stereocenters. The Kier molecular flexibility index (Phi) is 2.11. The van der Waals surface area contributed by atoms with E-state index in [1.54, 1.807) is 20.8 Å². The van der Waals surface area contributed by atoms with Gasteiger partial charge in [0, 0.05) is 19.8 Å². The number of nitrogens with zero attached hydrogens (tertiary/aromatic N) is 1. The molecule has 1 aliphatic rings. The van der Waals surface area contributed by atoms with E-state index in [1.165, 1.54) is 0 Å². The summed E-state index contributed by atoms with van der Waals surface area (Å²) in [6.45, 7) is -0.654. The molecular formula is C11H19NO4. The van der Waals surface area contributed by atoms with E-state index in [0.29, 0.717) is 0 Å². The van der Waals surface area contributed by atoms with Gasteiger partial charge in [-0.3, -0.25) is 4.79 Å². The van der Waals surface area contributed by atoms with Crippen LogP contribution in [0.25, 0.3) is 0 Å². The maximum absolute atomic E-state index is 12.0. The lowest BCUT2D eigenvalue weighted by Gasteiger charge is -2.32. The number of hydrogen-bond donors (Lipinski definition) is 1. The molecule has 1 N–H and O–H groups in total. The van der Waals surface area contributed by atoms with Crippen molar-refractivity contribution in [2.75, 3.05) is 13.0 Å². The molecule has 1 aliphatic heterocycles. The van der Waals surface area contributed by atoms with Gasteiger partial charge in [0.15, 0.2) is 0 Å². The van der Waals surface area contributed by atoms with E-state index in [9.17, 15) is 9.59 Å². The van der Waals surface area contributed by atoms with Gasteiger partial charge >= 0.3 is 12.1 Å². The van der Waals surface area contributed by atoms with E-state index in [2.05, 4.69) is 0 Å². The quantitative estimate of drug-likeness (QED) is 0.750. The lowest BCUT2D eigenvalue weighted by Crippen LogP contribution is -2.42. The largest absolute Gasteiger partial charge is 0.481 e. The fourth-order valence-electron chi connectivity index (χ4n) is 1.06. The molecule has 1 amide bonds. The lowest BCUT2D eigenvalue weighted by molar-refractivity contribution is -0.143. The number of likely N-dealkylation sites (tertiary alicyclic amines) is 1. The third-order valence-corrected chi connectivity index (χ3v) is 1.78. The van der Waals surface area contributed by atoms with Crippen LogP contribution in [0.2, 0.25) is 0 Å². The van der Waals surface area contributed by atoms with Crippen molar-refractivity contribution in [3.05, 3.63) is 0 Å². The van der Waals surface area contributed by atoms with Gasteiger partial charge in [0.1, 0.15) is 5.60 Å². The Morgan fingerprint density at radius 3 is 2.31 bits per heavy atom. The minimum atomic E-state index is -2.65. The monoisotopic (exact) mass is 234 g/mol. The fraction of sp³-hybridized carbons (Fsp3) is 0.818. The Labute approximate surface area is 102 Å². The van der Waals surface area contributed by atoms with Crippen molar-refractivity contribution in [3.63, 3.8) is 0 Å². The molecule has 0 spiro atoms. The second kappa shape index (κ2) is 4.72. The minimum Gasteiger partial charge on any atom is -0.481 e. The van der Waals surface area contributed by atoms with Crippen molar-refractivity contribution in [2.24, 2.45) is 5.89 Å². The van der Waals surface area contributed by atoms with Crippen LogP contribution in [0.4, 0.5) is 4.79 Å². The first-order valence-electron chi connectivity index (χ1n) is 7.38. The summed E-state index contributed by atoms with van der Waals surface area (Å²) in [5, 5.41) is 9.02. The predicted octanol–water partition coefficient (Wildman–Crippen LogP) is 1.72. The highest BCUT2D eigenvalue weighted by Crippen LogP contribution is 2.19. The number of aliphatic carboxylic acids is 1. The lowest BCUT2D eigenvalue weighted by atomic mass is 9.97. The van der Waals surface area contributed by atoms with Gasteiger partial charge in [-0.25, -0.2) is 4.79 Å². The third kappa shape index (κ3) is 3.72. The highest BCUT2D eigenvalue weighted by molar-refractivity contribution is 5.71. The topological polar surface area (TPSA) is 66.8 Å². The molecule has 1 fully saturated rings. The molecule has 5 heteroatoms. The highest BCUT2D eigenvalue weighted by Gasteiger charge is 2.29. The number of rotatable bonds is 1. The molecule has 0 unspecified atom stereocenters. The zero-order valence-corrected chi connectivity index (χ0v) is 9.53. The molecule has 0 radical (unpaired) electrons. The summed E-state index contributed by atoms with van der Waals surface area (Å²) in [7, 11) is 0. The number of piperidine rings is 1. The predicted molar refractivity (Wildman–Crippen MR) is 58.2 cm³/mol. The number of amides is 1. The first-order valence-corrected chi connectivity index (χ1v) is 4.88. The average molecular weight is 234 g/mol. The smallest absolute Gasteiger partial charge is 0.410 e. The summed E-state index contributed by atoms with van der Waals surface area (Å²) < 4.78 is 43.9. The van der Waals surface area contributed by atoms with Crippen LogP contribution in [0.15, 0.2) is 0 Å². The average Bonchev–Trinajstić information content (AvgIpc) is 2.07. The van der Waals surface area contributed by atoms with Gasteiger partial charge in [-0.05, 0) is 33.6 Å². The van der Waals surface area contributed by atoms with Crippen molar-refractivity contribution >= 4 is 12.1 Å². The Morgan fingerprint density at radius 1 is 1.44 bits per heavy atom. The zero-order valence-electron chi connectivity index (χ0n) is 14.5. The number of ether oxygens (including phenoxy) is 1. The maximum atomic E-state index is 12.0. The van der Waals surface area contributed by atoms with Gasteiger partial charge in [0.2, 0.25) is 0 Å². The van der Waals surface area contributed by atoms with Crippen molar-refractivity contribution in [1.82, 2.24) is 4.90 Å². The molecule has 1 saturated heterocycles. The minimum absolute atomic E-state index is 0.251. The van der Waals surface area contributed by atoms with Crippen LogP contribution in [0.3, 0.4) is 0 Å². The van der Waals surface area contributed by atoms with Gasteiger partial charge in [-0.2, -0.15) is 0 Å². The number of carbonyl (C=O) groups excluding carboxylic acids is 1. The van der Waals surface area contributed by atoms with Crippen LogP contribution in [-0.4, -0.2) is 40.7 Å². The Bertz CT molecular complexity index is 442. The molecule has 0 aromatic rings. The molecule has 1 heterocycles. The molecule has 1 rings (SSSR count). The van der Waals surface area contributed by atoms with Crippen LogP contribution >= 0.6 is 0 Å². The molecule has 92 valence electrons. The molecule has 0 aromatic heterocycles. The fourth-order valence-corrected chi connectivity index (χ4v) is 1.06. The van der Waals surface area contributed by atoms with Crippen LogP contribution in [0, 0.1) is 5.89 Å². The van der Waals surface area contributed by atoms with Crippen molar-refractivity contribution in [1.29, 1.82) is 0 Å². The van der Waals surface area contributed by atoms with Crippen LogP contribution in [0.5, 0.6) is 0 Å². The number of carboxylic acids is 1. The summed E-state index contributed by atoms with van der Waals surface area (Å²) in [5.41, 5.74) is -0.953. The SMILES string of the molecule is [2H]C1(C(=O)O)CC([2H])([2H])N(C(=O)OC(C)(C)C)C([2H])([2H])C1. The number of carboxylic acid groups (broad SMARTS) is 1. The van der Waals surface area contributed by atoms with Gasteiger partial charge in [0.05, 0.1) is 5.89 Å². The number of hydrogen-bond acceptors (Lipinski definition) is 3. The van der Waals surface area contributed by atoms with E-state index in [0.717, 1.165) is 0 Å². The standard InChI is InChI=1S/C11H19NO4/c1-11(2,3)16-10(15)12-6-4-8(5-7-12)9(13)14/h8H,4-7H2,1-3H3,(H,13,14)/i6D2,7D2,8D. The molecule has 0 bridgehead atoms. The molecule has 0 aromatic carbocycles. The van der Waals surface area contributed by atoms with Crippen LogP contribution in [0.1, 0.15) is 40.5 Å². The molecule has 0 saturated carbocycles. The van der Waals surface area contributed by atoms with Gasteiger partial charge in [0.25, 0.3) is 0 Å². The van der Waals surface area contributed by atoms with Crippen LogP contribution in [-0.2, 0) is 9.53 Å². The maximum Gasteiger partial charge on any atom is 0.410 e. The normalized spacial score (nSPS) is 31.2. The molecular weight excluding hydrogens is 210 g/mol. The first-order chi connectivity index (χ1) is 9.11. The highest BCUT2D eigenvalue weighted by atomic mass is 16.6. The van der Waals surface area contributed by atoms with E-state index in [-0.39, 0.29) is 4.90 Å². The van der Waals surface area contributed by atoms with Crippen molar-refractivity contribution in [3.8, 4) is 0 Å². The van der Waals surface area contributed by atoms with Gasteiger partial charge < -0.3 is 14.7 Å². The van der Waals surface area contributed by atoms with E-state index in [1.807, 2.05) is 0 Å². The van der Waals surface area contributed by atoms with Crippen LogP contribution < -0.4 is 0 Å². The van der Waals surface area contributed by atoms with E-state index < -0.39 is 49.4 Å². The number of carbonyl (C=O) groups is 2. The van der Waals surface area contributed by atoms with E-state index >= 15 is 0 Å². The molecule has 0 aliphatic carbocycles. The van der Waals surface area contributed by atoms with Gasteiger partial charge in [-0.1, -0.05) is 0 Å². The molecule has 5 nitrogen and oxygen atoms in total. The van der Waals surface area contributed by atoms with Crippen molar-refractivity contribution in [2.45, 2.75) is 39.2 Å². The summed E-state index contributed by atoms with van der Waals surface area (Å²) in [6.07, 6.45) is -2.90. The van der Waals surface area contributed by atoms with E-state index in [4.69, 9.17) is 16.7 Å². The first kappa shape index (κ1) is 7.14. The van der Waals surface area contributed by atoms with Gasteiger partial charge in [-0.15, -0.1) is 0 Å². The second-order valence-electron chi connectivity index (χ2n) is 4.39. The Morgan fingerprint density at radius 2 is 1.94 bits per heavy atom. The van der Waals surface area contributed by atoms with Crippen molar-refractivity contribution < 1.29 is 26.3 Å². The summed E-state index contributed by atoms with van der Waals surface area (Å²) in [6, 6.07) is 0.